The van der Waals surface area contributed by atoms with Gasteiger partial charge in [0, 0.05) is 46.6 Å². The topological polar surface area (TPSA) is 28.3 Å². The van der Waals surface area contributed by atoms with Crippen LogP contribution in [0.15, 0.2) is 140 Å². The van der Waals surface area contributed by atoms with Crippen molar-refractivity contribution in [3.63, 3.8) is 0 Å². The van der Waals surface area contributed by atoms with Gasteiger partial charge in [0.2, 0.25) is 0 Å². The van der Waals surface area contributed by atoms with Crippen molar-refractivity contribution in [2.75, 3.05) is 13.2 Å². The zero-order valence-corrected chi connectivity index (χ0v) is 52.8. The number of rotatable bonds is 45. The predicted octanol–water partition coefficient (Wildman–Crippen LogP) is 24.2. The van der Waals surface area contributed by atoms with Gasteiger partial charge in [0.1, 0.15) is 11.5 Å². The van der Waals surface area contributed by atoms with Gasteiger partial charge >= 0.3 is 0 Å². The lowest BCUT2D eigenvalue weighted by Gasteiger charge is -2.10. The van der Waals surface area contributed by atoms with Gasteiger partial charge in [0.05, 0.1) is 13.2 Å². The minimum atomic E-state index is 0.800. The normalized spacial score (nSPS) is 11.7. The van der Waals surface area contributed by atoms with Gasteiger partial charge in [-0.05, 0) is 144 Å². The number of benzene rings is 4. The van der Waals surface area contributed by atoms with E-state index in [1.54, 1.807) is 0 Å². The van der Waals surface area contributed by atoms with Crippen molar-refractivity contribution in [1.29, 1.82) is 0 Å². The lowest BCUT2D eigenvalue weighted by Crippen LogP contribution is -2.00. The molecule has 446 valence electrons. The van der Waals surface area contributed by atoms with E-state index in [-0.39, 0.29) is 0 Å². The number of aryl methyl sites for hydroxylation is 1. The second-order valence-electron chi connectivity index (χ2n) is 23.8. The summed E-state index contributed by atoms with van der Waals surface area (Å²) < 4.78 is 17.0. The first-order chi connectivity index (χ1) is 41.1. The molecular formula is C78H106N2O2S. The Labute approximate surface area is 508 Å². The third-order valence-electron chi connectivity index (χ3n) is 16.7. The molecule has 0 amide bonds. The molecule has 0 aliphatic heterocycles. The van der Waals surface area contributed by atoms with Crippen molar-refractivity contribution in [3.05, 3.63) is 178 Å². The minimum Gasteiger partial charge on any atom is -0.494 e. The molecule has 0 unspecified atom stereocenters. The summed E-state index contributed by atoms with van der Waals surface area (Å²) in [7, 11) is 0. The molecule has 0 aliphatic carbocycles. The van der Waals surface area contributed by atoms with Crippen molar-refractivity contribution in [1.82, 2.24) is 9.13 Å². The lowest BCUT2D eigenvalue weighted by molar-refractivity contribution is 0.304. The van der Waals surface area contributed by atoms with Crippen LogP contribution in [0.4, 0.5) is 0 Å². The predicted molar refractivity (Wildman–Crippen MR) is 363 cm³/mol. The smallest absolute Gasteiger partial charge is 0.119 e. The standard InChI is InChI=1S/C78H106N2O2S/c1-4-7-10-13-16-19-22-25-28-31-36-72-63-77(57-51-73-37-34-59-79(73)64-66-39-43-68(44-40-66)70-47-53-75(54-48-70)81-61-32-29-26-23-20-17-14-11-8-5-2)83-78(72)58-52-74-38-35-60-80(74)65-67-41-45-69(46-42-67)71-49-55-76(56-50-71)82-62-33-30-27-24-21-18-15-12-9-6-3/h34-35,37-60,63H,4-33,36,61-62,64-65H2,1-3H3/b57-51+,58-52+. The monoisotopic (exact) mass is 1130 g/mol. The van der Waals surface area contributed by atoms with Gasteiger partial charge in [-0.1, -0.05) is 267 Å². The van der Waals surface area contributed by atoms with Crippen LogP contribution in [-0.4, -0.2) is 22.3 Å². The van der Waals surface area contributed by atoms with E-state index in [2.05, 4.69) is 194 Å². The van der Waals surface area contributed by atoms with Gasteiger partial charge < -0.3 is 18.6 Å². The van der Waals surface area contributed by atoms with Crippen LogP contribution in [0.3, 0.4) is 0 Å². The maximum absolute atomic E-state index is 6.12. The SMILES string of the molecule is CCCCCCCCCCCCOc1ccc(-c2ccc(Cn3cccc3/C=C/c3cc(CCCCCCCCCCCC)c(/C=C/c4cccn4Cc4ccc(-c5ccc(OCCCCCCCCCCCC)cc5)cc4)s3)cc2)cc1. The first kappa shape index (κ1) is 64.8. The number of hydrogen-bond acceptors (Lipinski definition) is 3. The number of aromatic nitrogens is 2. The fourth-order valence-corrected chi connectivity index (χ4v) is 12.5. The van der Waals surface area contributed by atoms with Crippen molar-refractivity contribution in [2.45, 2.75) is 233 Å². The fourth-order valence-electron chi connectivity index (χ4n) is 11.5. The maximum atomic E-state index is 6.12. The first-order valence-corrected chi connectivity index (χ1v) is 34.3. The van der Waals surface area contributed by atoms with Crippen LogP contribution in [0.2, 0.25) is 0 Å². The molecule has 0 aliphatic rings. The van der Waals surface area contributed by atoms with E-state index >= 15 is 0 Å². The van der Waals surface area contributed by atoms with Crippen molar-refractivity contribution in [3.8, 4) is 33.8 Å². The summed E-state index contributed by atoms with van der Waals surface area (Å²) in [6.07, 6.45) is 55.2. The Morgan fingerprint density at radius 2 is 0.687 bits per heavy atom. The maximum Gasteiger partial charge on any atom is 0.119 e. The Kier molecular flexibility index (Phi) is 31.0. The Bertz CT molecular complexity index is 2810. The molecule has 0 bridgehead atoms. The molecule has 7 aromatic rings. The number of thiophene rings is 1. The molecule has 0 spiro atoms. The molecular weight excluding hydrogens is 1030 g/mol. The molecule has 4 aromatic carbocycles. The van der Waals surface area contributed by atoms with E-state index in [0.29, 0.717) is 0 Å². The van der Waals surface area contributed by atoms with Gasteiger partial charge in [-0.2, -0.15) is 0 Å². The summed E-state index contributed by atoms with van der Waals surface area (Å²) in [5, 5.41) is 0. The molecule has 0 atom stereocenters. The fraction of sp³-hybridized carbons (Fsp3) is 0.487. The van der Waals surface area contributed by atoms with Crippen molar-refractivity contribution >= 4 is 35.6 Å². The molecule has 0 saturated heterocycles. The molecule has 7 rings (SSSR count). The summed E-state index contributed by atoms with van der Waals surface area (Å²) in [4.78, 5) is 2.68. The van der Waals surface area contributed by atoms with Crippen LogP contribution in [-0.2, 0) is 19.5 Å². The number of ether oxygens (including phenoxy) is 2. The molecule has 0 radical (unpaired) electrons. The van der Waals surface area contributed by atoms with Crippen molar-refractivity contribution < 1.29 is 9.47 Å². The van der Waals surface area contributed by atoms with Crippen molar-refractivity contribution in [2.24, 2.45) is 0 Å². The van der Waals surface area contributed by atoms with Gasteiger partial charge in [-0.15, -0.1) is 11.3 Å². The molecule has 0 fully saturated rings. The van der Waals surface area contributed by atoms with E-state index in [9.17, 15) is 0 Å². The third-order valence-corrected chi connectivity index (χ3v) is 17.8. The van der Waals surface area contributed by atoms with Crippen LogP contribution in [0.1, 0.15) is 251 Å². The second kappa shape index (κ2) is 39.7. The molecule has 5 heteroatoms. The molecule has 83 heavy (non-hydrogen) atoms. The molecule has 3 heterocycles. The zero-order valence-electron chi connectivity index (χ0n) is 52.0. The van der Waals surface area contributed by atoms with Crippen LogP contribution < -0.4 is 9.47 Å². The van der Waals surface area contributed by atoms with Crippen LogP contribution >= 0.6 is 11.3 Å². The third kappa shape index (κ3) is 24.8. The largest absolute Gasteiger partial charge is 0.494 e. The minimum absolute atomic E-state index is 0.800. The van der Waals surface area contributed by atoms with Gasteiger partial charge in [-0.3, -0.25) is 0 Å². The van der Waals surface area contributed by atoms with Gasteiger partial charge in [0.15, 0.2) is 0 Å². The molecule has 0 N–H and O–H groups in total. The Morgan fingerprint density at radius 1 is 0.349 bits per heavy atom. The first-order valence-electron chi connectivity index (χ1n) is 33.5. The Balaban J connectivity index is 0.897. The van der Waals surface area contributed by atoms with Gasteiger partial charge in [0.25, 0.3) is 0 Å². The van der Waals surface area contributed by atoms with E-state index in [4.69, 9.17) is 9.47 Å². The summed E-state index contributed by atoms with van der Waals surface area (Å²) in [6, 6.07) is 46.7. The molecule has 3 aromatic heterocycles. The van der Waals surface area contributed by atoms with Crippen LogP contribution in [0.5, 0.6) is 11.5 Å². The average molecular weight is 1140 g/mol. The summed E-state index contributed by atoms with van der Waals surface area (Å²) in [5.41, 5.74) is 11.4. The lowest BCUT2D eigenvalue weighted by atomic mass is 10.0. The number of unbranched alkanes of at least 4 members (excludes halogenated alkanes) is 27. The number of hydrogen-bond donors (Lipinski definition) is 0. The second-order valence-corrected chi connectivity index (χ2v) is 24.9. The highest BCUT2D eigenvalue weighted by molar-refractivity contribution is 7.14. The van der Waals surface area contributed by atoms with E-state index < -0.39 is 0 Å². The van der Waals surface area contributed by atoms with E-state index in [0.717, 1.165) is 57.1 Å². The molecule has 4 nitrogen and oxygen atoms in total. The average Bonchev–Trinajstić information content (AvgIpc) is 4.32. The highest BCUT2D eigenvalue weighted by atomic mass is 32.1. The van der Waals surface area contributed by atoms with Crippen LogP contribution in [0, 0.1) is 0 Å². The summed E-state index contributed by atoms with van der Waals surface area (Å²) >= 11 is 1.92. The quantitative estimate of drug-likeness (QED) is 0.0356. The van der Waals surface area contributed by atoms with Crippen LogP contribution in [0.25, 0.3) is 46.6 Å². The Morgan fingerprint density at radius 3 is 1.07 bits per heavy atom. The van der Waals surface area contributed by atoms with Gasteiger partial charge in [-0.25, -0.2) is 0 Å². The van der Waals surface area contributed by atoms with E-state index in [1.165, 1.54) is 240 Å². The van der Waals surface area contributed by atoms with E-state index in [1.807, 2.05) is 11.3 Å². The summed E-state index contributed by atoms with van der Waals surface area (Å²) in [5.74, 6) is 1.93. The summed E-state index contributed by atoms with van der Waals surface area (Å²) in [6.45, 7) is 10.1. The zero-order chi connectivity index (χ0) is 57.6. The number of nitrogens with zero attached hydrogens (tertiary/aromatic N) is 2. The highest BCUT2D eigenvalue weighted by Crippen LogP contribution is 2.30. The Hall–Kier alpha value is -5.78. The highest BCUT2D eigenvalue weighted by Gasteiger charge is 2.10. The molecule has 0 saturated carbocycles.